The van der Waals surface area contributed by atoms with Crippen LogP contribution in [0.5, 0.6) is 11.5 Å². The van der Waals surface area contributed by atoms with Gasteiger partial charge in [0.15, 0.2) is 0 Å². The third-order valence-electron chi connectivity index (χ3n) is 2.90. The molecule has 2 bridgehead atoms. The molecule has 1 aromatic rings. The van der Waals surface area contributed by atoms with E-state index in [-0.39, 0.29) is 0 Å². The SMILES string of the molecule is Cc1oc(C)c2c1OCC1CSSCC(CO2)SS1.[2H]P([3H])P. The molecule has 0 N–H and O–H groups in total. The molecule has 1 saturated heterocycles. The molecule has 4 unspecified atom stereocenters. The average molecular weight is 406 g/mol. The summed E-state index contributed by atoms with van der Waals surface area (Å²) in [6.07, 6.45) is 0. The third-order valence-corrected chi connectivity index (χ3v) is 9.11. The summed E-state index contributed by atoms with van der Waals surface area (Å²) in [5.74, 6) is 5.49. The highest BCUT2D eigenvalue weighted by atomic mass is 33.1. The zero-order valence-electron chi connectivity index (χ0n) is 13.9. The van der Waals surface area contributed by atoms with E-state index >= 15 is 0 Å². The van der Waals surface area contributed by atoms with Crippen molar-refractivity contribution in [1.29, 1.82) is 2.56 Å². The number of hydrogen-bond acceptors (Lipinski definition) is 7. The first-order chi connectivity index (χ1) is 11.0. The van der Waals surface area contributed by atoms with E-state index in [2.05, 4.69) is 8.93 Å². The van der Waals surface area contributed by atoms with Crippen molar-refractivity contribution in [1.82, 2.24) is 0 Å². The van der Waals surface area contributed by atoms with Crippen LogP contribution in [0.15, 0.2) is 4.42 Å². The van der Waals surface area contributed by atoms with Crippen molar-refractivity contribution in [3.63, 3.8) is 0 Å². The summed E-state index contributed by atoms with van der Waals surface area (Å²) in [4.78, 5) is 0. The monoisotopic (exact) mass is 405 g/mol. The Labute approximate surface area is 149 Å². The van der Waals surface area contributed by atoms with Crippen molar-refractivity contribution in [2.24, 2.45) is 0 Å². The highest BCUT2D eigenvalue weighted by Crippen LogP contribution is 2.44. The summed E-state index contributed by atoms with van der Waals surface area (Å²) in [5.41, 5.74) is 0. The van der Waals surface area contributed by atoms with Crippen LogP contribution in [0.2, 0.25) is 0 Å². The van der Waals surface area contributed by atoms with Crippen LogP contribution < -0.4 is 9.47 Å². The van der Waals surface area contributed by atoms with Crippen LogP contribution >= 0.6 is 60.9 Å². The van der Waals surface area contributed by atoms with Crippen LogP contribution in [0, 0.1) is 13.8 Å². The van der Waals surface area contributed by atoms with Crippen molar-refractivity contribution < 1.29 is 13.9 Å². The van der Waals surface area contributed by atoms with E-state index in [0.717, 1.165) is 34.5 Å². The molecule has 3 rings (SSSR count). The fraction of sp³-hybridized carbons (Fsp3) is 0.667. The predicted octanol–water partition coefficient (Wildman–Crippen LogP) is 4.83. The van der Waals surface area contributed by atoms with Gasteiger partial charge in [0.05, 0.1) is 13.1 Å². The summed E-state index contributed by atoms with van der Waals surface area (Å²) in [7, 11) is 8.62. The molecule has 0 amide bonds. The van der Waals surface area contributed by atoms with Gasteiger partial charge in [-0.25, -0.2) is 0 Å². The Morgan fingerprint density at radius 2 is 1.52 bits per heavy atom. The molecular formula is C12H20O3P2S4. The van der Waals surface area contributed by atoms with Crippen molar-refractivity contribution in [2.45, 2.75) is 24.3 Å². The molecule has 0 spiro atoms. The smallest absolute Gasteiger partial charge is 0.203 e. The molecule has 3 heterocycles. The fourth-order valence-electron chi connectivity index (χ4n) is 1.94. The molecule has 1 fully saturated rings. The number of rotatable bonds is 0. The van der Waals surface area contributed by atoms with Gasteiger partial charge in [-0.15, -0.1) is 17.7 Å². The Morgan fingerprint density at radius 3 is 1.95 bits per heavy atom. The minimum Gasteiger partial charge on any atom is -0.485 e. The predicted molar refractivity (Wildman–Crippen MR) is 106 cm³/mol. The van der Waals surface area contributed by atoms with Crippen LogP contribution in [0.4, 0.5) is 0 Å². The zero-order valence-corrected chi connectivity index (χ0v) is 17.2. The minimum absolute atomic E-state index is 0.519. The molecule has 9 heteroatoms. The van der Waals surface area contributed by atoms with E-state index in [1.165, 1.54) is 0 Å². The molecule has 0 aromatic carbocycles. The molecule has 21 heavy (non-hydrogen) atoms. The second-order valence-electron chi connectivity index (χ2n) is 4.50. The first-order valence-electron chi connectivity index (χ1n) is 7.31. The lowest BCUT2D eigenvalue weighted by atomic mass is 10.3. The summed E-state index contributed by atoms with van der Waals surface area (Å²) < 4.78 is 30.1. The number of aryl methyl sites for hydroxylation is 2. The van der Waals surface area contributed by atoms with E-state index in [9.17, 15) is 0 Å². The first-order valence-corrected chi connectivity index (χ1v) is 13.2. The van der Waals surface area contributed by atoms with Gasteiger partial charge in [-0.1, -0.05) is 43.2 Å². The quantitative estimate of drug-likeness (QED) is 0.451. The molecule has 1 aromatic heterocycles. The molecule has 120 valence electrons. The lowest BCUT2D eigenvalue weighted by molar-refractivity contribution is 0.273. The van der Waals surface area contributed by atoms with Crippen molar-refractivity contribution in [3.8, 4) is 11.5 Å². The van der Waals surface area contributed by atoms with Gasteiger partial charge in [-0.2, -0.15) is 0 Å². The first kappa shape index (κ1) is 15.7. The maximum atomic E-state index is 6.28. The van der Waals surface area contributed by atoms with Gasteiger partial charge in [0, 0.05) is 11.5 Å². The average Bonchev–Trinajstić information content (AvgIpc) is 2.71. The lowest BCUT2D eigenvalue weighted by Gasteiger charge is -2.25. The van der Waals surface area contributed by atoms with Crippen LogP contribution in [-0.4, -0.2) is 37.8 Å². The number of hydrogen-bond donors (Lipinski definition) is 0. The molecule has 0 radical (unpaired) electrons. The van der Waals surface area contributed by atoms with E-state index < -0.39 is 8.82 Å². The topological polar surface area (TPSA) is 31.6 Å². The Balaban J connectivity index is 0.000000433. The van der Waals surface area contributed by atoms with Gasteiger partial charge in [0.1, 0.15) is 24.7 Å². The van der Waals surface area contributed by atoms with Gasteiger partial charge in [0.2, 0.25) is 11.5 Å². The van der Waals surface area contributed by atoms with E-state index in [1.807, 2.05) is 57.0 Å². The van der Waals surface area contributed by atoms with Gasteiger partial charge in [-0.05, 0) is 13.8 Å². The van der Waals surface area contributed by atoms with Gasteiger partial charge in [-0.3, -0.25) is 0 Å². The number of ether oxygens (including phenoxy) is 2. The summed E-state index contributed by atoms with van der Waals surface area (Å²) in [5, 5.41) is 1.04. The Hall–Kier alpha value is 1.14. The zero-order chi connectivity index (χ0) is 16.8. The van der Waals surface area contributed by atoms with Gasteiger partial charge < -0.3 is 13.9 Å². The van der Waals surface area contributed by atoms with Crippen LogP contribution in [0.3, 0.4) is 0 Å². The summed E-state index contributed by atoms with van der Waals surface area (Å²) in [6.45, 7) is 5.31. The van der Waals surface area contributed by atoms with Gasteiger partial charge >= 0.3 is 0 Å². The molecule has 0 saturated carbocycles. The van der Waals surface area contributed by atoms with E-state index in [4.69, 9.17) is 16.4 Å². The number of fused-ring (bicyclic) bond motifs is 4. The Bertz CT molecular complexity index is 466. The van der Waals surface area contributed by atoms with Crippen molar-refractivity contribution >= 4 is 60.9 Å². The van der Waals surface area contributed by atoms with Crippen molar-refractivity contribution in [2.75, 3.05) is 24.7 Å². The van der Waals surface area contributed by atoms with Crippen LogP contribution in [0.1, 0.15) is 11.5 Å². The maximum Gasteiger partial charge on any atom is 0.203 e. The molecule has 2 aliphatic rings. The van der Waals surface area contributed by atoms with E-state index in [0.29, 0.717) is 23.7 Å². The summed E-state index contributed by atoms with van der Waals surface area (Å²) >= 11 is 0. The normalized spacial score (nSPS) is 28.1. The van der Waals surface area contributed by atoms with Gasteiger partial charge in [0.25, 0.3) is 0 Å². The Kier molecular flexibility index (Phi) is 7.04. The largest absolute Gasteiger partial charge is 0.485 e. The lowest BCUT2D eigenvalue weighted by Crippen LogP contribution is -2.23. The Morgan fingerprint density at radius 1 is 1.10 bits per heavy atom. The second kappa shape index (κ2) is 9.44. The molecule has 3 nitrogen and oxygen atoms in total. The summed E-state index contributed by atoms with van der Waals surface area (Å²) in [6, 6.07) is 0. The maximum absolute atomic E-state index is 6.28. The fourth-order valence-corrected chi connectivity index (χ4v) is 8.40. The standard InChI is InChI=1S/C12H16O3S4.H4P2/c1-7-11-12(8(2)15-7)14-4-10-6-17-16-5-9(3-13-11)18-19-10;1-2/h9-10H,3-6H2,1-2H3;1-2H2/i;1TD. The van der Waals surface area contributed by atoms with Crippen LogP contribution in [0.25, 0.3) is 0 Å². The molecular weight excluding hydrogens is 382 g/mol. The third kappa shape index (κ3) is 5.06. The van der Waals surface area contributed by atoms with Crippen LogP contribution in [-0.2, 0) is 0 Å². The van der Waals surface area contributed by atoms with E-state index in [1.54, 1.807) is 0 Å². The van der Waals surface area contributed by atoms with Crippen molar-refractivity contribution in [3.05, 3.63) is 11.5 Å². The highest BCUT2D eigenvalue weighted by molar-refractivity contribution is 8.80. The minimum atomic E-state index is -1.20. The molecule has 0 aliphatic carbocycles. The second-order valence-corrected chi connectivity index (χ2v) is 9.93. The molecule has 2 aliphatic heterocycles. The number of furan rings is 1. The molecule has 4 atom stereocenters. The highest BCUT2D eigenvalue weighted by Gasteiger charge is 2.26.